The molecule has 92 valence electrons. The quantitative estimate of drug-likeness (QED) is 0.819. The molecule has 1 aliphatic heterocycles. The number of nitrogens with one attached hydrogen (secondary N) is 1. The second-order valence-electron chi connectivity index (χ2n) is 3.41. The largest absolute Gasteiger partial charge is 0.465 e. The summed E-state index contributed by atoms with van der Waals surface area (Å²) >= 11 is 0. The maximum Gasteiger partial charge on any atom is 0.407 e. The predicted molar refractivity (Wildman–Crippen MR) is 62.3 cm³/mol. The number of alkyl carbamates (subject to hydrolysis) is 1. The van der Waals surface area contributed by atoms with Crippen LogP contribution in [-0.4, -0.2) is 25.8 Å². The Hall–Kier alpha value is -1.75. The minimum atomic E-state index is -0.415. The Labute approximate surface area is 105 Å². The van der Waals surface area contributed by atoms with Gasteiger partial charge < -0.3 is 14.8 Å². The minimum absolute atomic E-state index is 0. The average molecular weight is 258 g/mol. The molecule has 1 N–H and O–H groups in total. The second kappa shape index (κ2) is 5.54. The van der Waals surface area contributed by atoms with E-state index < -0.39 is 6.09 Å². The zero-order valence-electron chi connectivity index (χ0n) is 9.14. The number of cyclic esters (lactones) is 1. The van der Waals surface area contributed by atoms with Crippen LogP contribution in [0.4, 0.5) is 4.79 Å². The van der Waals surface area contributed by atoms with Crippen LogP contribution in [0.25, 0.3) is 0 Å². The van der Waals surface area contributed by atoms with Crippen LogP contribution in [0.2, 0.25) is 0 Å². The fourth-order valence-electron chi connectivity index (χ4n) is 1.53. The fraction of sp³-hybridized carbons (Fsp3) is 0.273. The Bertz CT molecular complexity index is 418. The van der Waals surface area contributed by atoms with E-state index in [2.05, 4.69) is 10.1 Å². The molecule has 0 saturated carbocycles. The highest BCUT2D eigenvalue weighted by molar-refractivity contribution is 5.89. The summed E-state index contributed by atoms with van der Waals surface area (Å²) < 4.78 is 9.36. The fourth-order valence-corrected chi connectivity index (χ4v) is 1.53. The van der Waals surface area contributed by atoms with Gasteiger partial charge in [0, 0.05) is 0 Å². The van der Waals surface area contributed by atoms with Crippen LogP contribution >= 0.6 is 12.4 Å². The van der Waals surface area contributed by atoms with Crippen LogP contribution in [0.5, 0.6) is 0 Å². The van der Waals surface area contributed by atoms with E-state index >= 15 is 0 Å². The molecule has 6 heteroatoms. The molecular formula is C11H12ClNO4. The molecule has 1 aromatic carbocycles. The molecule has 0 aromatic heterocycles. The van der Waals surface area contributed by atoms with Gasteiger partial charge in [-0.05, 0) is 17.7 Å². The molecule has 0 radical (unpaired) electrons. The smallest absolute Gasteiger partial charge is 0.407 e. The van der Waals surface area contributed by atoms with Crippen molar-refractivity contribution in [1.29, 1.82) is 0 Å². The molecule has 0 unspecified atom stereocenters. The molecule has 0 spiro atoms. The summed E-state index contributed by atoms with van der Waals surface area (Å²) in [5, 5.41) is 2.66. The van der Waals surface area contributed by atoms with E-state index in [1.165, 1.54) is 7.11 Å². The van der Waals surface area contributed by atoms with Crippen molar-refractivity contribution < 1.29 is 19.1 Å². The highest BCUT2D eigenvalue weighted by atomic mass is 35.5. The van der Waals surface area contributed by atoms with Crippen molar-refractivity contribution in [1.82, 2.24) is 5.32 Å². The molecule has 17 heavy (non-hydrogen) atoms. The number of carbonyl (C=O) groups is 2. The van der Waals surface area contributed by atoms with Crippen molar-refractivity contribution in [3.63, 3.8) is 0 Å². The zero-order chi connectivity index (χ0) is 11.5. The molecule has 1 amide bonds. The predicted octanol–water partition coefficient (Wildman–Crippen LogP) is 1.68. The van der Waals surface area contributed by atoms with E-state index in [9.17, 15) is 9.59 Å². The van der Waals surface area contributed by atoms with E-state index in [0.717, 1.165) is 5.56 Å². The molecule has 1 aromatic rings. The molecule has 1 fully saturated rings. The van der Waals surface area contributed by atoms with E-state index in [1.54, 1.807) is 24.3 Å². The van der Waals surface area contributed by atoms with Gasteiger partial charge in [-0.2, -0.15) is 0 Å². The number of rotatable bonds is 2. The van der Waals surface area contributed by atoms with Crippen molar-refractivity contribution in [3.8, 4) is 0 Å². The maximum atomic E-state index is 11.2. The summed E-state index contributed by atoms with van der Waals surface area (Å²) in [5.41, 5.74) is 1.38. The third kappa shape index (κ3) is 2.88. The minimum Gasteiger partial charge on any atom is -0.465 e. The number of carbonyl (C=O) groups excluding carboxylic acids is 2. The summed E-state index contributed by atoms with van der Waals surface area (Å²) in [7, 11) is 1.33. The lowest BCUT2D eigenvalue weighted by Crippen LogP contribution is -2.18. The van der Waals surface area contributed by atoms with Gasteiger partial charge in [0.2, 0.25) is 0 Å². The number of amides is 1. The monoisotopic (exact) mass is 257 g/mol. The highest BCUT2D eigenvalue weighted by Gasteiger charge is 2.23. The first-order chi connectivity index (χ1) is 7.70. The van der Waals surface area contributed by atoms with E-state index in [1.807, 2.05) is 0 Å². The van der Waals surface area contributed by atoms with Crippen molar-refractivity contribution in [2.75, 3.05) is 13.7 Å². The third-order valence-corrected chi connectivity index (χ3v) is 2.41. The van der Waals surface area contributed by atoms with Crippen molar-refractivity contribution >= 4 is 24.5 Å². The Balaban J connectivity index is 0.00000144. The molecule has 1 aliphatic rings. The van der Waals surface area contributed by atoms with Crippen LogP contribution in [0.15, 0.2) is 24.3 Å². The van der Waals surface area contributed by atoms with Gasteiger partial charge in [0.25, 0.3) is 0 Å². The lowest BCUT2D eigenvalue weighted by atomic mass is 10.1. The van der Waals surface area contributed by atoms with Crippen LogP contribution in [0, 0.1) is 0 Å². The summed E-state index contributed by atoms with van der Waals surface area (Å²) in [6, 6.07) is 6.72. The second-order valence-corrected chi connectivity index (χ2v) is 3.41. The normalized spacial score (nSPS) is 17.7. The first-order valence-electron chi connectivity index (χ1n) is 4.82. The molecule has 0 aliphatic carbocycles. The van der Waals surface area contributed by atoms with Crippen molar-refractivity contribution in [2.24, 2.45) is 0 Å². The molecule has 0 bridgehead atoms. The highest BCUT2D eigenvalue weighted by Crippen LogP contribution is 2.18. The van der Waals surface area contributed by atoms with Crippen LogP contribution in [0.3, 0.4) is 0 Å². The summed E-state index contributed by atoms with van der Waals surface area (Å²) in [6.45, 7) is 0.316. The number of hydrogen-bond acceptors (Lipinski definition) is 4. The number of benzene rings is 1. The summed E-state index contributed by atoms with van der Waals surface area (Å²) in [6.07, 6.45) is -0.415. The SMILES string of the molecule is COC(=O)c1ccc([C@@H]2COC(=O)N2)cc1.Cl. The lowest BCUT2D eigenvalue weighted by Gasteiger charge is -2.07. The van der Waals surface area contributed by atoms with E-state index in [4.69, 9.17) is 4.74 Å². The molecule has 1 atom stereocenters. The van der Waals surface area contributed by atoms with Gasteiger partial charge in [0.05, 0.1) is 18.7 Å². The Kier molecular flexibility index (Phi) is 4.34. The van der Waals surface area contributed by atoms with Gasteiger partial charge in [-0.25, -0.2) is 9.59 Å². The van der Waals surface area contributed by atoms with Gasteiger partial charge in [-0.3, -0.25) is 0 Å². The lowest BCUT2D eigenvalue weighted by molar-refractivity contribution is 0.0600. The van der Waals surface area contributed by atoms with Crippen LogP contribution < -0.4 is 5.32 Å². The average Bonchev–Trinajstić information content (AvgIpc) is 2.75. The standard InChI is InChI=1S/C11H11NO4.ClH/c1-15-10(13)8-4-2-7(3-5-8)9-6-16-11(14)12-9;/h2-5,9H,6H2,1H3,(H,12,14);1H/t9-;/m0./s1. The number of hydrogen-bond donors (Lipinski definition) is 1. The molecule has 2 rings (SSSR count). The topological polar surface area (TPSA) is 64.6 Å². The third-order valence-electron chi connectivity index (χ3n) is 2.41. The van der Waals surface area contributed by atoms with E-state index in [0.29, 0.717) is 12.2 Å². The number of esters is 1. The van der Waals surface area contributed by atoms with Gasteiger partial charge in [-0.15, -0.1) is 12.4 Å². The van der Waals surface area contributed by atoms with Crippen LogP contribution in [-0.2, 0) is 9.47 Å². The Morgan fingerprint density at radius 2 is 2.06 bits per heavy atom. The molecular weight excluding hydrogens is 246 g/mol. The van der Waals surface area contributed by atoms with Gasteiger partial charge in [0.1, 0.15) is 6.61 Å². The van der Waals surface area contributed by atoms with Gasteiger partial charge >= 0.3 is 12.1 Å². The first kappa shape index (κ1) is 13.3. The van der Waals surface area contributed by atoms with Crippen molar-refractivity contribution in [2.45, 2.75) is 6.04 Å². The molecule has 1 saturated heterocycles. The molecule has 1 heterocycles. The van der Waals surface area contributed by atoms with E-state index in [-0.39, 0.29) is 24.4 Å². The van der Waals surface area contributed by atoms with Crippen molar-refractivity contribution in [3.05, 3.63) is 35.4 Å². The molecule has 5 nitrogen and oxygen atoms in total. The Morgan fingerprint density at radius 1 is 1.41 bits per heavy atom. The summed E-state index contributed by atoms with van der Waals surface area (Å²) in [5.74, 6) is -0.377. The zero-order valence-corrected chi connectivity index (χ0v) is 9.95. The number of ether oxygens (including phenoxy) is 2. The number of methoxy groups -OCH3 is 1. The van der Waals surface area contributed by atoms with Gasteiger partial charge in [0.15, 0.2) is 0 Å². The Morgan fingerprint density at radius 3 is 2.53 bits per heavy atom. The van der Waals surface area contributed by atoms with Crippen LogP contribution in [0.1, 0.15) is 22.0 Å². The van der Waals surface area contributed by atoms with Gasteiger partial charge in [-0.1, -0.05) is 12.1 Å². The number of halogens is 1. The first-order valence-corrected chi connectivity index (χ1v) is 4.82. The summed E-state index contributed by atoms with van der Waals surface area (Å²) in [4.78, 5) is 22.0. The maximum absolute atomic E-state index is 11.2.